The molecule has 1 saturated heterocycles. The average Bonchev–Trinajstić information content (AvgIpc) is 3.28. The summed E-state index contributed by atoms with van der Waals surface area (Å²) in [5.74, 6) is 5.74. The van der Waals surface area contributed by atoms with Gasteiger partial charge in [0.2, 0.25) is 5.91 Å². The third-order valence-corrected chi connectivity index (χ3v) is 4.93. The van der Waals surface area contributed by atoms with E-state index in [2.05, 4.69) is 20.7 Å². The predicted molar refractivity (Wildman–Crippen MR) is 89.0 cm³/mol. The van der Waals surface area contributed by atoms with Gasteiger partial charge < -0.3 is 4.74 Å². The van der Waals surface area contributed by atoms with Crippen molar-refractivity contribution >= 4 is 17.7 Å². The number of aryl methyl sites for hydroxylation is 2. The lowest BCUT2D eigenvalue weighted by atomic mass is 10.2. The molecule has 3 heterocycles. The van der Waals surface area contributed by atoms with Crippen LogP contribution in [0.3, 0.4) is 0 Å². The topological polar surface area (TPSA) is 113 Å². The summed E-state index contributed by atoms with van der Waals surface area (Å²) in [6.07, 6.45) is 2.20. The summed E-state index contributed by atoms with van der Waals surface area (Å²) in [7, 11) is 1.89. The van der Waals surface area contributed by atoms with E-state index in [0.717, 1.165) is 30.8 Å². The highest BCUT2D eigenvalue weighted by Crippen LogP contribution is 2.26. The first-order chi connectivity index (χ1) is 11.6. The van der Waals surface area contributed by atoms with Crippen LogP contribution in [-0.2, 0) is 23.1 Å². The second kappa shape index (κ2) is 7.32. The van der Waals surface area contributed by atoms with E-state index in [-0.39, 0.29) is 17.8 Å². The minimum Gasteiger partial charge on any atom is -0.376 e. The maximum atomic E-state index is 11.4. The Morgan fingerprint density at radius 2 is 2.38 bits per heavy atom. The zero-order chi connectivity index (χ0) is 17.1. The van der Waals surface area contributed by atoms with Gasteiger partial charge in [-0.05, 0) is 25.8 Å². The molecule has 2 aromatic heterocycles. The molecule has 0 aliphatic carbocycles. The molecule has 0 saturated carbocycles. The molecule has 0 unspecified atom stereocenters. The maximum absolute atomic E-state index is 11.4. The number of amides is 1. The zero-order valence-corrected chi connectivity index (χ0v) is 14.5. The number of thioether (sulfide) groups is 1. The first-order valence-electron chi connectivity index (χ1n) is 7.76. The molecule has 0 spiro atoms. The second-order valence-electron chi connectivity index (χ2n) is 5.70. The second-order valence-corrected chi connectivity index (χ2v) is 6.65. The van der Waals surface area contributed by atoms with Crippen LogP contribution in [0, 0.1) is 6.92 Å². The van der Waals surface area contributed by atoms with Gasteiger partial charge in [0.15, 0.2) is 11.0 Å². The first kappa shape index (κ1) is 16.9. The van der Waals surface area contributed by atoms with Gasteiger partial charge in [-0.3, -0.25) is 19.5 Å². The van der Waals surface area contributed by atoms with Gasteiger partial charge in [-0.1, -0.05) is 11.8 Å². The summed E-state index contributed by atoms with van der Waals surface area (Å²) in [4.78, 5) is 11.4. The Labute approximate surface area is 143 Å². The summed E-state index contributed by atoms with van der Waals surface area (Å²) in [6, 6.07) is 1.97. The van der Waals surface area contributed by atoms with E-state index in [0.29, 0.717) is 17.5 Å². The van der Waals surface area contributed by atoms with E-state index >= 15 is 0 Å². The Balaban J connectivity index is 1.89. The summed E-state index contributed by atoms with van der Waals surface area (Å²) < 4.78 is 9.52. The summed E-state index contributed by atoms with van der Waals surface area (Å²) >= 11 is 1.30. The molecule has 9 nitrogen and oxygen atoms in total. The Morgan fingerprint density at radius 1 is 1.54 bits per heavy atom. The molecule has 24 heavy (non-hydrogen) atoms. The molecule has 1 amide bonds. The first-order valence-corrected chi connectivity index (χ1v) is 8.75. The van der Waals surface area contributed by atoms with E-state index in [9.17, 15) is 4.79 Å². The number of nitrogens with zero attached hydrogens (tertiary/aromatic N) is 5. The Kier molecular flexibility index (Phi) is 5.17. The smallest absolute Gasteiger partial charge is 0.244 e. The van der Waals surface area contributed by atoms with Crippen molar-refractivity contribution in [2.75, 3.05) is 12.4 Å². The van der Waals surface area contributed by atoms with Crippen molar-refractivity contribution in [3.05, 3.63) is 11.8 Å². The fourth-order valence-electron chi connectivity index (χ4n) is 2.58. The lowest BCUT2D eigenvalue weighted by molar-refractivity contribution is -0.118. The monoisotopic (exact) mass is 351 g/mol. The number of carbonyl (C=O) groups is 1. The number of carbonyl (C=O) groups excluding carboxylic acids is 1. The van der Waals surface area contributed by atoms with Crippen molar-refractivity contribution in [2.24, 2.45) is 12.9 Å². The molecule has 1 atom stereocenters. The van der Waals surface area contributed by atoms with Crippen LogP contribution in [0.15, 0.2) is 11.2 Å². The lowest BCUT2D eigenvalue weighted by Gasteiger charge is -2.13. The summed E-state index contributed by atoms with van der Waals surface area (Å²) in [5.41, 5.74) is 3.91. The number of nitrogens with two attached hydrogens (primary N) is 1. The van der Waals surface area contributed by atoms with E-state index in [4.69, 9.17) is 10.6 Å². The summed E-state index contributed by atoms with van der Waals surface area (Å²) in [6.45, 7) is 3.41. The minimum absolute atomic E-state index is 0.132. The molecule has 1 aliphatic rings. The van der Waals surface area contributed by atoms with E-state index in [1.165, 1.54) is 11.8 Å². The highest BCUT2D eigenvalue weighted by Gasteiger charge is 2.23. The van der Waals surface area contributed by atoms with Crippen molar-refractivity contribution in [3.8, 4) is 11.5 Å². The Morgan fingerprint density at radius 3 is 3.00 bits per heavy atom. The number of ether oxygens (including phenoxy) is 1. The van der Waals surface area contributed by atoms with Crippen LogP contribution in [0.5, 0.6) is 0 Å². The molecule has 2 aromatic rings. The normalized spacial score (nSPS) is 17.4. The van der Waals surface area contributed by atoms with Crippen molar-refractivity contribution in [1.29, 1.82) is 0 Å². The third-order valence-electron chi connectivity index (χ3n) is 3.96. The predicted octanol–water partition coefficient (Wildman–Crippen LogP) is 0.248. The van der Waals surface area contributed by atoms with Gasteiger partial charge >= 0.3 is 0 Å². The van der Waals surface area contributed by atoms with Gasteiger partial charge in [-0.15, -0.1) is 10.2 Å². The summed E-state index contributed by atoms with van der Waals surface area (Å²) in [5, 5.41) is 13.7. The van der Waals surface area contributed by atoms with Crippen molar-refractivity contribution in [3.63, 3.8) is 0 Å². The molecule has 1 aliphatic heterocycles. The number of hydrazine groups is 1. The molecular weight excluding hydrogens is 330 g/mol. The third kappa shape index (κ3) is 3.60. The molecule has 3 rings (SSSR count). The van der Waals surface area contributed by atoms with E-state index < -0.39 is 0 Å². The molecule has 3 N–H and O–H groups in total. The van der Waals surface area contributed by atoms with Crippen molar-refractivity contribution in [2.45, 2.75) is 37.6 Å². The minimum atomic E-state index is -0.262. The van der Waals surface area contributed by atoms with Crippen LogP contribution < -0.4 is 11.3 Å². The van der Waals surface area contributed by atoms with Crippen LogP contribution in [-0.4, -0.2) is 48.9 Å². The Bertz CT molecular complexity index is 701. The number of hydrogen-bond donors (Lipinski definition) is 2. The van der Waals surface area contributed by atoms with Crippen LogP contribution >= 0.6 is 11.8 Å². The molecule has 0 bridgehead atoms. The zero-order valence-electron chi connectivity index (χ0n) is 13.7. The molecular formula is C14H21N7O2S. The van der Waals surface area contributed by atoms with Crippen molar-refractivity contribution in [1.82, 2.24) is 30.0 Å². The lowest BCUT2D eigenvalue weighted by Crippen LogP contribution is -2.31. The number of hydrogen-bond acceptors (Lipinski definition) is 7. The highest BCUT2D eigenvalue weighted by atomic mass is 32.2. The molecule has 1 fully saturated rings. The van der Waals surface area contributed by atoms with Gasteiger partial charge in [0.1, 0.15) is 5.69 Å². The Hall–Kier alpha value is -1.91. The molecule has 10 heteroatoms. The van der Waals surface area contributed by atoms with E-state index in [1.807, 2.05) is 24.6 Å². The molecule has 0 aromatic carbocycles. The number of nitrogens with one attached hydrogen (secondary N) is 1. The van der Waals surface area contributed by atoms with Crippen LogP contribution in [0.1, 0.15) is 18.5 Å². The van der Waals surface area contributed by atoms with Crippen LogP contribution in [0.4, 0.5) is 0 Å². The van der Waals surface area contributed by atoms with Crippen molar-refractivity contribution < 1.29 is 9.53 Å². The van der Waals surface area contributed by atoms with Crippen LogP contribution in [0.2, 0.25) is 0 Å². The fraction of sp³-hybridized carbons (Fsp3) is 0.571. The SMILES string of the molecule is Cc1cc(-c2nnc(SCC(=O)NN)n2C[C@H]2CCCO2)nn1C. The van der Waals surface area contributed by atoms with Gasteiger partial charge in [0.05, 0.1) is 18.4 Å². The van der Waals surface area contributed by atoms with Gasteiger partial charge in [-0.2, -0.15) is 5.10 Å². The van der Waals surface area contributed by atoms with Crippen LogP contribution in [0.25, 0.3) is 11.5 Å². The average molecular weight is 351 g/mol. The number of aromatic nitrogens is 5. The highest BCUT2D eigenvalue weighted by molar-refractivity contribution is 7.99. The number of rotatable bonds is 6. The quantitative estimate of drug-likeness (QED) is 0.332. The van der Waals surface area contributed by atoms with Gasteiger partial charge in [0, 0.05) is 19.3 Å². The molecule has 130 valence electrons. The van der Waals surface area contributed by atoms with E-state index in [1.54, 1.807) is 4.68 Å². The fourth-order valence-corrected chi connectivity index (χ4v) is 3.34. The van der Waals surface area contributed by atoms with Gasteiger partial charge in [-0.25, -0.2) is 5.84 Å². The molecule has 0 radical (unpaired) electrons. The largest absolute Gasteiger partial charge is 0.376 e. The standard InChI is InChI=1S/C14H21N7O2S/c1-9-6-11(19-20(9)2)13-17-18-14(24-8-12(22)16-15)21(13)7-10-4-3-5-23-10/h6,10H,3-5,7-8,15H2,1-2H3,(H,16,22)/t10-/m1/s1. The van der Waals surface area contributed by atoms with Gasteiger partial charge in [0.25, 0.3) is 0 Å². The maximum Gasteiger partial charge on any atom is 0.244 e.